The smallest absolute Gasteiger partial charge is 0.208 e. The molecule has 0 aromatic heterocycles. The van der Waals surface area contributed by atoms with E-state index in [4.69, 9.17) is 0 Å². The van der Waals surface area contributed by atoms with Crippen LogP contribution in [0.5, 0.6) is 0 Å². The summed E-state index contributed by atoms with van der Waals surface area (Å²) in [6.07, 6.45) is 2.14. The molecule has 13 heavy (non-hydrogen) atoms. The van der Waals surface area contributed by atoms with Crippen LogP contribution in [0.2, 0.25) is 0 Å². The molecule has 1 saturated heterocycles. The van der Waals surface area contributed by atoms with Gasteiger partial charge in [0, 0.05) is 25.2 Å². The molecule has 0 radical (unpaired) electrons. The molecule has 4 nitrogen and oxygen atoms in total. The van der Waals surface area contributed by atoms with E-state index in [2.05, 4.69) is 23.5 Å². The highest BCUT2D eigenvalue weighted by Crippen LogP contribution is 2.12. The fraction of sp³-hybridized carbons (Fsp3) is 1.00. The lowest BCUT2D eigenvalue weighted by molar-refractivity contribution is 0.271. The Morgan fingerprint density at radius 2 is 2.08 bits per heavy atom. The van der Waals surface area contributed by atoms with Crippen molar-refractivity contribution in [2.45, 2.75) is 32.4 Å². The molecule has 1 fully saturated rings. The third-order valence-corrected chi connectivity index (χ3v) is 3.09. The Morgan fingerprint density at radius 1 is 1.46 bits per heavy atom. The van der Waals surface area contributed by atoms with Crippen molar-refractivity contribution in [1.29, 1.82) is 0 Å². The van der Waals surface area contributed by atoms with E-state index in [0.717, 1.165) is 19.5 Å². The molecule has 1 N–H and O–H groups in total. The maximum absolute atomic E-state index is 10.9. The van der Waals surface area contributed by atoms with Gasteiger partial charge in [-0.2, -0.15) is 0 Å². The first-order valence-electron chi connectivity index (χ1n) is 4.60. The maximum Gasteiger partial charge on any atom is 0.208 e. The van der Waals surface area contributed by atoms with Crippen LogP contribution < -0.4 is 4.72 Å². The highest BCUT2D eigenvalue weighted by Gasteiger charge is 2.25. The van der Waals surface area contributed by atoms with Gasteiger partial charge in [-0.1, -0.05) is 0 Å². The standard InChI is InChI=1S/C8H18N2O2S/c1-7(2)10-5-4-8(6-10)9-13(3,11)12/h7-9H,4-6H2,1-3H3. The molecule has 0 aliphatic carbocycles. The minimum Gasteiger partial charge on any atom is -0.299 e. The largest absolute Gasteiger partial charge is 0.299 e. The van der Waals surface area contributed by atoms with Crippen molar-refractivity contribution in [1.82, 2.24) is 9.62 Å². The highest BCUT2D eigenvalue weighted by molar-refractivity contribution is 7.88. The zero-order valence-electron chi connectivity index (χ0n) is 8.45. The molecule has 1 heterocycles. The molecular formula is C8H18N2O2S. The summed E-state index contributed by atoms with van der Waals surface area (Å²) in [4.78, 5) is 2.28. The maximum atomic E-state index is 10.9. The molecule has 0 amide bonds. The summed E-state index contributed by atoms with van der Waals surface area (Å²) in [5.41, 5.74) is 0. The van der Waals surface area contributed by atoms with Gasteiger partial charge in [-0.05, 0) is 20.3 Å². The number of sulfonamides is 1. The summed E-state index contributed by atoms with van der Waals surface area (Å²) in [6.45, 7) is 6.08. The van der Waals surface area contributed by atoms with Crippen molar-refractivity contribution in [3.05, 3.63) is 0 Å². The normalized spacial score (nSPS) is 25.7. The van der Waals surface area contributed by atoms with E-state index in [1.807, 2.05) is 0 Å². The highest BCUT2D eigenvalue weighted by atomic mass is 32.2. The lowest BCUT2D eigenvalue weighted by Gasteiger charge is -2.20. The molecule has 78 valence electrons. The van der Waals surface area contributed by atoms with Crippen molar-refractivity contribution in [3.63, 3.8) is 0 Å². The van der Waals surface area contributed by atoms with Crippen molar-refractivity contribution in [2.24, 2.45) is 0 Å². The van der Waals surface area contributed by atoms with Crippen molar-refractivity contribution >= 4 is 10.0 Å². The Hall–Kier alpha value is -0.130. The van der Waals surface area contributed by atoms with E-state index in [0.29, 0.717) is 6.04 Å². The third-order valence-electron chi connectivity index (χ3n) is 2.33. The van der Waals surface area contributed by atoms with Gasteiger partial charge in [-0.3, -0.25) is 4.90 Å². The second kappa shape index (κ2) is 3.94. The number of hydrogen-bond acceptors (Lipinski definition) is 3. The number of hydrogen-bond donors (Lipinski definition) is 1. The predicted octanol–water partition coefficient (Wildman–Crippen LogP) is 0.0183. The van der Waals surface area contributed by atoms with Crippen molar-refractivity contribution in [2.75, 3.05) is 19.3 Å². The first-order chi connectivity index (χ1) is 5.88. The first kappa shape index (κ1) is 10.9. The van der Waals surface area contributed by atoms with Gasteiger partial charge in [0.15, 0.2) is 0 Å². The minimum absolute atomic E-state index is 0.109. The van der Waals surface area contributed by atoms with Gasteiger partial charge in [0.2, 0.25) is 10.0 Å². The zero-order valence-corrected chi connectivity index (χ0v) is 9.26. The number of rotatable bonds is 3. The monoisotopic (exact) mass is 206 g/mol. The van der Waals surface area contributed by atoms with E-state index in [-0.39, 0.29) is 6.04 Å². The Labute approximate surface area is 80.4 Å². The predicted molar refractivity (Wildman–Crippen MR) is 53.1 cm³/mol. The van der Waals surface area contributed by atoms with Crippen molar-refractivity contribution in [3.8, 4) is 0 Å². The Kier molecular flexibility index (Phi) is 3.32. The number of nitrogens with zero attached hydrogens (tertiary/aromatic N) is 1. The molecule has 0 saturated carbocycles. The average molecular weight is 206 g/mol. The zero-order chi connectivity index (χ0) is 10.1. The third kappa shape index (κ3) is 3.62. The first-order valence-corrected chi connectivity index (χ1v) is 6.49. The average Bonchev–Trinajstić information content (AvgIpc) is 2.31. The van der Waals surface area contributed by atoms with E-state index in [1.54, 1.807) is 0 Å². The van der Waals surface area contributed by atoms with Gasteiger partial charge >= 0.3 is 0 Å². The summed E-state index contributed by atoms with van der Waals surface area (Å²) in [7, 11) is -3.03. The fourth-order valence-electron chi connectivity index (χ4n) is 1.66. The molecule has 1 atom stereocenters. The van der Waals surface area contributed by atoms with Gasteiger partial charge in [0.25, 0.3) is 0 Å². The van der Waals surface area contributed by atoms with Crippen LogP contribution in [0, 0.1) is 0 Å². The van der Waals surface area contributed by atoms with Crippen LogP contribution in [-0.2, 0) is 10.0 Å². The second-order valence-corrected chi connectivity index (χ2v) is 5.74. The molecule has 0 aromatic carbocycles. The molecule has 1 rings (SSSR count). The van der Waals surface area contributed by atoms with E-state index >= 15 is 0 Å². The van der Waals surface area contributed by atoms with Gasteiger partial charge in [0.1, 0.15) is 0 Å². The van der Waals surface area contributed by atoms with E-state index in [9.17, 15) is 8.42 Å². The number of likely N-dealkylation sites (tertiary alicyclic amines) is 1. The lowest BCUT2D eigenvalue weighted by atomic mass is 10.3. The van der Waals surface area contributed by atoms with Gasteiger partial charge < -0.3 is 0 Å². The van der Waals surface area contributed by atoms with Crippen LogP contribution in [0.1, 0.15) is 20.3 Å². The molecule has 1 unspecified atom stereocenters. The quantitative estimate of drug-likeness (QED) is 0.708. The number of nitrogens with one attached hydrogen (secondary N) is 1. The molecule has 0 aromatic rings. The molecule has 0 spiro atoms. The lowest BCUT2D eigenvalue weighted by Crippen LogP contribution is -2.37. The van der Waals surface area contributed by atoms with Crippen molar-refractivity contribution < 1.29 is 8.42 Å². The van der Waals surface area contributed by atoms with Crippen LogP contribution in [0.25, 0.3) is 0 Å². The van der Waals surface area contributed by atoms with Crippen LogP contribution in [0.3, 0.4) is 0 Å². The van der Waals surface area contributed by atoms with E-state index in [1.165, 1.54) is 6.26 Å². The van der Waals surface area contributed by atoms with Crippen LogP contribution in [-0.4, -0.2) is 44.7 Å². The fourth-order valence-corrected chi connectivity index (χ4v) is 2.45. The summed E-state index contributed by atoms with van der Waals surface area (Å²) < 4.78 is 24.5. The Morgan fingerprint density at radius 3 is 2.46 bits per heavy atom. The van der Waals surface area contributed by atoms with Gasteiger partial charge in [-0.15, -0.1) is 0 Å². The summed E-state index contributed by atoms with van der Waals surface area (Å²) in [5, 5.41) is 0. The molecular weight excluding hydrogens is 188 g/mol. The molecule has 1 aliphatic heterocycles. The summed E-state index contributed by atoms with van der Waals surface area (Å²) in [6, 6.07) is 0.615. The second-order valence-electron chi connectivity index (χ2n) is 3.96. The molecule has 5 heteroatoms. The summed E-state index contributed by atoms with van der Waals surface area (Å²) in [5.74, 6) is 0. The molecule has 0 bridgehead atoms. The Balaban J connectivity index is 2.42. The van der Waals surface area contributed by atoms with Crippen LogP contribution >= 0.6 is 0 Å². The van der Waals surface area contributed by atoms with Crippen LogP contribution in [0.15, 0.2) is 0 Å². The Bertz CT molecular complexity index is 261. The topological polar surface area (TPSA) is 49.4 Å². The molecule has 1 aliphatic rings. The minimum atomic E-state index is -3.03. The van der Waals surface area contributed by atoms with Gasteiger partial charge in [-0.25, -0.2) is 13.1 Å². The SMILES string of the molecule is CC(C)N1CCC(NS(C)(=O)=O)C1. The van der Waals surface area contributed by atoms with E-state index < -0.39 is 10.0 Å². The summed E-state index contributed by atoms with van der Waals surface area (Å²) >= 11 is 0. The van der Waals surface area contributed by atoms with Crippen LogP contribution in [0.4, 0.5) is 0 Å². The van der Waals surface area contributed by atoms with Gasteiger partial charge in [0.05, 0.1) is 6.26 Å².